The molecule has 3 N–H and O–H groups in total. The molecule has 1 saturated carbocycles. The van der Waals surface area contributed by atoms with Crippen LogP contribution in [0.25, 0.3) is 10.8 Å². The normalized spacial score (nSPS) is 26.7. The van der Waals surface area contributed by atoms with E-state index in [4.69, 9.17) is 10.5 Å². The first-order valence-corrected chi connectivity index (χ1v) is 10.00. The van der Waals surface area contributed by atoms with E-state index >= 15 is 0 Å². The third-order valence-electron chi connectivity index (χ3n) is 6.14. The largest absolute Gasteiger partial charge is 0.491 e. The third-order valence-corrected chi connectivity index (χ3v) is 6.14. The Morgan fingerprint density at radius 2 is 1.89 bits per heavy atom. The first kappa shape index (κ1) is 18.3. The Kier molecular flexibility index (Phi) is 5.06. The van der Waals surface area contributed by atoms with Gasteiger partial charge in [0.05, 0.1) is 0 Å². The lowest BCUT2D eigenvalue weighted by atomic mass is 9.79. The zero-order valence-corrected chi connectivity index (χ0v) is 16.0. The van der Waals surface area contributed by atoms with E-state index in [9.17, 15) is 4.79 Å². The summed E-state index contributed by atoms with van der Waals surface area (Å²) in [6.45, 7) is 0.304. The predicted octanol–water partition coefficient (Wildman–Crippen LogP) is 3.23. The van der Waals surface area contributed by atoms with Gasteiger partial charge in [0.2, 0.25) is 5.91 Å². The molecule has 1 aliphatic carbocycles. The Hall–Kier alpha value is -2.11. The van der Waals surface area contributed by atoms with Crippen molar-refractivity contribution in [3.63, 3.8) is 0 Å². The molecule has 1 heterocycles. The first-order chi connectivity index (χ1) is 13.1. The predicted molar refractivity (Wildman–Crippen MR) is 107 cm³/mol. The molecule has 5 nitrogen and oxygen atoms in total. The van der Waals surface area contributed by atoms with Crippen molar-refractivity contribution in [1.82, 2.24) is 10.2 Å². The summed E-state index contributed by atoms with van der Waals surface area (Å²) in [4.78, 5) is 14.7. The molecule has 0 bridgehead atoms. The quantitative estimate of drug-likeness (QED) is 0.851. The van der Waals surface area contributed by atoms with Gasteiger partial charge in [-0.15, -0.1) is 0 Å². The van der Waals surface area contributed by atoms with Crippen molar-refractivity contribution in [2.24, 2.45) is 11.7 Å². The number of nitrogens with one attached hydrogen (secondary N) is 1. The summed E-state index contributed by atoms with van der Waals surface area (Å²) in [6, 6.07) is 14.3. The highest BCUT2D eigenvalue weighted by atomic mass is 16.5. The average Bonchev–Trinajstić information content (AvgIpc) is 2.91. The molecule has 5 heteroatoms. The zero-order valence-electron chi connectivity index (χ0n) is 16.0. The lowest BCUT2D eigenvalue weighted by Gasteiger charge is -2.33. The summed E-state index contributed by atoms with van der Waals surface area (Å²) in [7, 11) is 1.76. The van der Waals surface area contributed by atoms with Crippen molar-refractivity contribution in [1.29, 1.82) is 0 Å². The van der Waals surface area contributed by atoms with Gasteiger partial charge < -0.3 is 9.64 Å². The van der Waals surface area contributed by atoms with Crippen LogP contribution < -0.4 is 15.8 Å². The maximum absolute atomic E-state index is 13.0. The molecule has 0 spiro atoms. The minimum atomic E-state index is -0.734. The molecule has 1 amide bonds. The van der Waals surface area contributed by atoms with Crippen LogP contribution in [0.2, 0.25) is 0 Å². The van der Waals surface area contributed by atoms with Gasteiger partial charge in [0.15, 0.2) is 0 Å². The summed E-state index contributed by atoms with van der Waals surface area (Å²) >= 11 is 0. The molecule has 1 aliphatic heterocycles. The van der Waals surface area contributed by atoms with Crippen molar-refractivity contribution in [2.75, 3.05) is 13.7 Å². The molecule has 2 atom stereocenters. The van der Waals surface area contributed by atoms with Crippen LogP contribution in [0.1, 0.15) is 38.5 Å². The third kappa shape index (κ3) is 3.66. The highest BCUT2D eigenvalue weighted by molar-refractivity contribution is 5.89. The molecule has 2 aliphatic rings. The van der Waals surface area contributed by atoms with E-state index < -0.39 is 11.8 Å². The molecule has 2 aromatic rings. The molecule has 0 radical (unpaired) electrons. The summed E-state index contributed by atoms with van der Waals surface area (Å²) in [5.74, 6) is 1.38. The number of amides is 1. The number of hydrogen-bond donors (Lipinski definition) is 2. The van der Waals surface area contributed by atoms with E-state index in [1.807, 2.05) is 24.3 Å². The molecule has 144 valence electrons. The Morgan fingerprint density at radius 1 is 1.15 bits per heavy atom. The lowest BCUT2D eigenvalue weighted by Crippen LogP contribution is -2.54. The standard InChI is InChI=1S/C22H29N3O2/c1-25-20(26)22(24-21(25)23,14-16-7-3-2-4-8-16)15-27-19-12-11-17-9-5-6-10-18(17)13-19/h5-6,9-13,16,21,24H,2-4,7-8,14-15,23H2,1H3. The smallest absolute Gasteiger partial charge is 0.248 e. The number of hydrogen-bond acceptors (Lipinski definition) is 4. The molecule has 1 saturated heterocycles. The highest BCUT2D eigenvalue weighted by Crippen LogP contribution is 2.34. The van der Waals surface area contributed by atoms with Crippen LogP contribution in [0.15, 0.2) is 42.5 Å². The number of fused-ring (bicyclic) bond motifs is 1. The van der Waals surface area contributed by atoms with Crippen LogP contribution in [0, 0.1) is 5.92 Å². The van der Waals surface area contributed by atoms with Crippen molar-refractivity contribution in [3.8, 4) is 5.75 Å². The Labute approximate surface area is 160 Å². The molecule has 2 unspecified atom stereocenters. The number of likely N-dealkylation sites (N-methyl/N-ethyl adjacent to an activating group) is 1. The van der Waals surface area contributed by atoms with E-state index in [0.717, 1.165) is 17.6 Å². The number of nitrogens with two attached hydrogens (primary N) is 1. The topological polar surface area (TPSA) is 67.6 Å². The molecule has 0 aromatic heterocycles. The van der Waals surface area contributed by atoms with Gasteiger partial charge in [-0.1, -0.05) is 62.4 Å². The Bertz CT molecular complexity index is 818. The summed E-state index contributed by atoms with van der Waals surface area (Å²) in [6.07, 6.45) is 6.51. The van der Waals surface area contributed by atoms with Gasteiger partial charge in [-0.25, -0.2) is 0 Å². The van der Waals surface area contributed by atoms with Gasteiger partial charge in [-0.2, -0.15) is 0 Å². The van der Waals surface area contributed by atoms with Crippen molar-refractivity contribution in [2.45, 2.75) is 50.4 Å². The van der Waals surface area contributed by atoms with E-state index in [-0.39, 0.29) is 5.91 Å². The van der Waals surface area contributed by atoms with Gasteiger partial charge in [0.25, 0.3) is 0 Å². The summed E-state index contributed by atoms with van der Waals surface area (Å²) in [5.41, 5.74) is 5.40. The summed E-state index contributed by atoms with van der Waals surface area (Å²) in [5, 5.41) is 5.67. The van der Waals surface area contributed by atoms with Crippen molar-refractivity contribution >= 4 is 16.7 Å². The van der Waals surface area contributed by atoms with E-state index in [1.165, 1.54) is 37.5 Å². The number of ether oxygens (including phenoxy) is 1. The van der Waals surface area contributed by atoms with Crippen LogP contribution >= 0.6 is 0 Å². The van der Waals surface area contributed by atoms with Crippen LogP contribution in [0.3, 0.4) is 0 Å². The fraction of sp³-hybridized carbons (Fsp3) is 0.500. The monoisotopic (exact) mass is 367 g/mol. The van der Waals surface area contributed by atoms with Crippen LogP contribution in [-0.4, -0.2) is 36.3 Å². The lowest BCUT2D eigenvalue weighted by molar-refractivity contribution is -0.133. The molecular formula is C22H29N3O2. The fourth-order valence-electron chi connectivity index (χ4n) is 4.56. The average molecular weight is 367 g/mol. The second-order valence-electron chi connectivity index (χ2n) is 8.09. The Morgan fingerprint density at radius 3 is 2.59 bits per heavy atom. The van der Waals surface area contributed by atoms with Crippen LogP contribution in [-0.2, 0) is 4.79 Å². The zero-order chi connectivity index (χ0) is 18.9. The molecule has 2 fully saturated rings. The second-order valence-corrected chi connectivity index (χ2v) is 8.09. The van der Waals surface area contributed by atoms with Crippen LogP contribution in [0.4, 0.5) is 0 Å². The first-order valence-electron chi connectivity index (χ1n) is 10.00. The number of rotatable bonds is 5. The van der Waals surface area contributed by atoms with Gasteiger partial charge in [-0.05, 0) is 35.2 Å². The maximum Gasteiger partial charge on any atom is 0.248 e. The number of nitrogens with zero attached hydrogens (tertiary/aromatic N) is 1. The van der Waals surface area contributed by atoms with E-state index in [1.54, 1.807) is 11.9 Å². The van der Waals surface area contributed by atoms with Crippen molar-refractivity contribution in [3.05, 3.63) is 42.5 Å². The summed E-state index contributed by atoms with van der Waals surface area (Å²) < 4.78 is 6.14. The van der Waals surface area contributed by atoms with E-state index in [0.29, 0.717) is 12.5 Å². The maximum atomic E-state index is 13.0. The molecule has 2 aromatic carbocycles. The Balaban J connectivity index is 1.54. The minimum Gasteiger partial charge on any atom is -0.491 e. The second kappa shape index (κ2) is 7.49. The van der Waals surface area contributed by atoms with Crippen LogP contribution in [0.5, 0.6) is 5.75 Å². The molecule has 27 heavy (non-hydrogen) atoms. The SMILES string of the molecule is CN1C(=O)C(COc2ccc3ccccc3c2)(CC2CCCCC2)NC1N. The number of benzene rings is 2. The molecular weight excluding hydrogens is 338 g/mol. The fourth-order valence-corrected chi connectivity index (χ4v) is 4.56. The van der Waals surface area contributed by atoms with Gasteiger partial charge >= 0.3 is 0 Å². The van der Waals surface area contributed by atoms with Crippen molar-refractivity contribution < 1.29 is 9.53 Å². The minimum absolute atomic E-state index is 0.0429. The van der Waals surface area contributed by atoms with Gasteiger partial charge in [0.1, 0.15) is 24.2 Å². The van der Waals surface area contributed by atoms with Gasteiger partial charge in [0, 0.05) is 7.05 Å². The highest BCUT2D eigenvalue weighted by Gasteiger charge is 2.50. The van der Waals surface area contributed by atoms with Gasteiger partial charge in [-0.3, -0.25) is 15.8 Å². The van der Waals surface area contributed by atoms with E-state index in [2.05, 4.69) is 23.5 Å². The molecule has 4 rings (SSSR count). The number of carbonyl (C=O) groups excluding carboxylic acids is 1. The number of carbonyl (C=O) groups is 1.